The molecule has 0 unspecified atom stereocenters. The first kappa shape index (κ1) is 26.0. The highest BCUT2D eigenvalue weighted by Gasteiger charge is 2.43. The van der Waals surface area contributed by atoms with Crippen molar-refractivity contribution in [3.05, 3.63) is 63.6 Å². The molecule has 1 atom stereocenters. The van der Waals surface area contributed by atoms with E-state index in [1.54, 1.807) is 45.0 Å². The molecule has 0 fully saturated rings. The lowest BCUT2D eigenvalue weighted by Gasteiger charge is -2.32. The Morgan fingerprint density at radius 2 is 1.65 bits per heavy atom. The van der Waals surface area contributed by atoms with Crippen LogP contribution in [0.4, 0.5) is 0 Å². The van der Waals surface area contributed by atoms with Crippen molar-refractivity contribution in [2.45, 2.75) is 50.7 Å². The molecule has 1 heterocycles. The first-order valence-electron chi connectivity index (χ1n) is 10.4. The van der Waals surface area contributed by atoms with Crippen LogP contribution in [0.15, 0.2) is 47.4 Å². The number of rotatable bonds is 6. The predicted molar refractivity (Wildman–Crippen MR) is 129 cm³/mol. The number of amides is 3. The smallest absolute Gasteiger partial charge is 0.269 e. The predicted octanol–water partition coefficient (Wildman–Crippen LogP) is 3.47. The number of fused-ring (bicyclic) bond motifs is 1. The molecule has 182 valence electrons. The summed E-state index contributed by atoms with van der Waals surface area (Å²) in [5, 5.41) is 3.37. The fourth-order valence-electron chi connectivity index (χ4n) is 3.51. The summed E-state index contributed by atoms with van der Waals surface area (Å²) in [5.41, 5.74) is -0.180. The van der Waals surface area contributed by atoms with E-state index in [2.05, 4.69) is 5.32 Å². The van der Waals surface area contributed by atoms with Crippen molar-refractivity contribution >= 4 is 50.9 Å². The van der Waals surface area contributed by atoms with Gasteiger partial charge >= 0.3 is 0 Å². The Kier molecular flexibility index (Phi) is 7.31. The lowest BCUT2D eigenvalue weighted by atomic mass is 10.1. The second-order valence-electron chi connectivity index (χ2n) is 8.95. The van der Waals surface area contributed by atoms with Crippen molar-refractivity contribution < 1.29 is 22.8 Å². The van der Waals surface area contributed by atoms with Crippen LogP contribution in [0.2, 0.25) is 10.0 Å². The molecule has 8 nitrogen and oxygen atoms in total. The van der Waals surface area contributed by atoms with Gasteiger partial charge in [-0.05, 0) is 52.0 Å². The van der Waals surface area contributed by atoms with E-state index in [-0.39, 0.29) is 27.0 Å². The van der Waals surface area contributed by atoms with Crippen molar-refractivity contribution in [2.24, 2.45) is 0 Å². The van der Waals surface area contributed by atoms with Crippen LogP contribution in [0.25, 0.3) is 0 Å². The van der Waals surface area contributed by atoms with Gasteiger partial charge in [-0.15, -0.1) is 0 Å². The Morgan fingerprint density at radius 1 is 1.06 bits per heavy atom. The van der Waals surface area contributed by atoms with Crippen LogP contribution in [0.5, 0.6) is 0 Å². The topological polar surface area (TPSA) is 104 Å². The standard InChI is InChI=1S/C23H25Cl2N3O5S/c1-14(21(30)26-23(2,3)4)27(12-16-17(24)9-7-10-18(16)25)20(29)13-28-22(31)15-8-5-6-11-19(15)34(28,32)33/h5-11,14H,12-13H2,1-4H3,(H,26,30)/t14-/m1/s1. The van der Waals surface area contributed by atoms with Crippen LogP contribution in [-0.2, 0) is 26.2 Å². The minimum Gasteiger partial charge on any atom is -0.350 e. The van der Waals surface area contributed by atoms with Gasteiger partial charge in [0.1, 0.15) is 17.5 Å². The number of nitrogens with zero attached hydrogens (tertiary/aromatic N) is 2. The highest BCUT2D eigenvalue weighted by molar-refractivity contribution is 7.90. The van der Waals surface area contributed by atoms with E-state index in [0.717, 1.165) is 0 Å². The fraction of sp³-hybridized carbons (Fsp3) is 0.348. The molecule has 2 aromatic carbocycles. The maximum absolute atomic E-state index is 13.4. The third-order valence-corrected chi connectivity index (χ3v) is 7.74. The Labute approximate surface area is 208 Å². The second kappa shape index (κ2) is 9.56. The first-order valence-corrected chi connectivity index (χ1v) is 12.6. The largest absolute Gasteiger partial charge is 0.350 e. The van der Waals surface area contributed by atoms with Crippen molar-refractivity contribution in [3.8, 4) is 0 Å². The first-order chi connectivity index (χ1) is 15.7. The third-order valence-electron chi connectivity index (χ3n) is 5.25. The van der Waals surface area contributed by atoms with Gasteiger partial charge in [0.05, 0.1) is 5.56 Å². The number of benzene rings is 2. The van der Waals surface area contributed by atoms with Gasteiger partial charge < -0.3 is 10.2 Å². The molecule has 0 spiro atoms. The van der Waals surface area contributed by atoms with E-state index in [1.807, 2.05) is 0 Å². The number of nitrogens with one attached hydrogen (secondary N) is 1. The number of carbonyl (C=O) groups excluding carboxylic acids is 3. The Bertz CT molecular complexity index is 1240. The van der Waals surface area contributed by atoms with Gasteiger partial charge in [0.25, 0.3) is 15.9 Å². The maximum atomic E-state index is 13.4. The summed E-state index contributed by atoms with van der Waals surface area (Å²) in [6.07, 6.45) is 0. The van der Waals surface area contributed by atoms with Gasteiger partial charge in [0.2, 0.25) is 11.8 Å². The number of hydrogen-bond acceptors (Lipinski definition) is 5. The lowest BCUT2D eigenvalue weighted by Crippen LogP contribution is -2.54. The number of carbonyl (C=O) groups is 3. The Balaban J connectivity index is 1.95. The lowest BCUT2D eigenvalue weighted by molar-refractivity contribution is -0.141. The van der Waals surface area contributed by atoms with Crippen LogP contribution in [0.3, 0.4) is 0 Å². The zero-order chi connectivity index (χ0) is 25.4. The van der Waals surface area contributed by atoms with Gasteiger partial charge in [-0.25, -0.2) is 12.7 Å². The zero-order valence-electron chi connectivity index (χ0n) is 19.1. The molecule has 11 heteroatoms. The van der Waals surface area contributed by atoms with E-state index in [1.165, 1.54) is 30.0 Å². The molecule has 34 heavy (non-hydrogen) atoms. The van der Waals surface area contributed by atoms with Gasteiger partial charge in [-0.3, -0.25) is 14.4 Å². The van der Waals surface area contributed by atoms with Crippen LogP contribution < -0.4 is 5.32 Å². The minimum absolute atomic E-state index is 0.00507. The minimum atomic E-state index is -4.20. The molecule has 0 aromatic heterocycles. The van der Waals surface area contributed by atoms with Crippen molar-refractivity contribution in [3.63, 3.8) is 0 Å². The summed E-state index contributed by atoms with van der Waals surface area (Å²) in [6, 6.07) is 9.56. The molecule has 3 rings (SSSR count). The Hall–Kier alpha value is -2.62. The van der Waals surface area contributed by atoms with E-state index in [0.29, 0.717) is 9.87 Å². The molecule has 0 radical (unpaired) electrons. The Morgan fingerprint density at radius 3 is 2.21 bits per heavy atom. The van der Waals surface area contributed by atoms with E-state index >= 15 is 0 Å². The monoisotopic (exact) mass is 525 g/mol. The van der Waals surface area contributed by atoms with Gasteiger partial charge in [-0.1, -0.05) is 41.4 Å². The normalized spacial score (nSPS) is 15.6. The van der Waals surface area contributed by atoms with Gasteiger partial charge in [0, 0.05) is 27.7 Å². The van der Waals surface area contributed by atoms with Crippen LogP contribution in [-0.4, -0.2) is 53.5 Å². The fourth-order valence-corrected chi connectivity index (χ4v) is 5.55. The third kappa shape index (κ3) is 5.21. The molecule has 0 aliphatic carbocycles. The number of hydrogen-bond donors (Lipinski definition) is 1. The molecule has 3 amide bonds. The van der Waals surface area contributed by atoms with Crippen LogP contribution in [0, 0.1) is 0 Å². The average Bonchev–Trinajstić information content (AvgIpc) is 2.93. The summed E-state index contributed by atoms with van der Waals surface area (Å²) < 4.78 is 26.4. The summed E-state index contributed by atoms with van der Waals surface area (Å²) in [4.78, 5) is 40.1. The summed E-state index contributed by atoms with van der Waals surface area (Å²) >= 11 is 12.6. The highest BCUT2D eigenvalue weighted by atomic mass is 35.5. The molecule has 1 aliphatic heterocycles. The van der Waals surface area contributed by atoms with Crippen LogP contribution >= 0.6 is 23.2 Å². The van der Waals surface area contributed by atoms with Crippen molar-refractivity contribution in [1.29, 1.82) is 0 Å². The molecule has 0 saturated carbocycles. The highest BCUT2D eigenvalue weighted by Crippen LogP contribution is 2.31. The van der Waals surface area contributed by atoms with Gasteiger partial charge in [0.15, 0.2) is 0 Å². The van der Waals surface area contributed by atoms with E-state index < -0.39 is 45.9 Å². The second-order valence-corrected chi connectivity index (χ2v) is 11.6. The molecule has 0 bridgehead atoms. The molecule has 2 aromatic rings. The number of halogens is 2. The molecular weight excluding hydrogens is 501 g/mol. The molecular formula is C23H25Cl2N3O5S. The van der Waals surface area contributed by atoms with Crippen LogP contribution in [0.1, 0.15) is 43.6 Å². The average molecular weight is 526 g/mol. The van der Waals surface area contributed by atoms with Crippen molar-refractivity contribution in [1.82, 2.24) is 14.5 Å². The quantitative estimate of drug-likeness (QED) is 0.621. The summed E-state index contributed by atoms with van der Waals surface area (Å²) in [5.74, 6) is -2.01. The molecule has 1 aliphatic rings. The van der Waals surface area contributed by atoms with E-state index in [9.17, 15) is 22.8 Å². The van der Waals surface area contributed by atoms with Crippen molar-refractivity contribution in [2.75, 3.05) is 6.54 Å². The van der Waals surface area contributed by atoms with Gasteiger partial charge in [-0.2, -0.15) is 0 Å². The maximum Gasteiger partial charge on any atom is 0.269 e. The molecule has 1 N–H and O–H groups in total. The number of sulfonamides is 1. The zero-order valence-corrected chi connectivity index (χ0v) is 21.5. The molecule has 0 saturated heterocycles. The van der Waals surface area contributed by atoms with E-state index in [4.69, 9.17) is 23.2 Å². The summed E-state index contributed by atoms with van der Waals surface area (Å²) in [7, 11) is -4.20. The SMILES string of the molecule is C[C@H](C(=O)NC(C)(C)C)N(Cc1c(Cl)cccc1Cl)C(=O)CN1C(=O)c2ccccc2S1(=O)=O. The summed E-state index contributed by atoms with van der Waals surface area (Å²) in [6.45, 7) is 5.96.